The molecule has 2 aromatic heterocycles. The van der Waals surface area contributed by atoms with Crippen LogP contribution in [0.15, 0.2) is 57.7 Å². The zero-order valence-electron chi connectivity index (χ0n) is 18.8. The van der Waals surface area contributed by atoms with Crippen LogP contribution in [0.5, 0.6) is 5.75 Å². The van der Waals surface area contributed by atoms with Gasteiger partial charge in [0.25, 0.3) is 5.56 Å². The van der Waals surface area contributed by atoms with Crippen LogP contribution in [0.25, 0.3) is 21.9 Å². The number of benzene rings is 2. The molecule has 4 rings (SSSR count). The molecule has 0 saturated heterocycles. The Balaban J connectivity index is 1.45. The highest BCUT2D eigenvalue weighted by molar-refractivity contribution is 5.99. The van der Waals surface area contributed by atoms with Gasteiger partial charge in [0.15, 0.2) is 11.5 Å². The lowest BCUT2D eigenvalue weighted by atomic mass is 9.98. The Bertz CT molecular complexity index is 1390. The Morgan fingerprint density at radius 1 is 1.18 bits per heavy atom. The van der Waals surface area contributed by atoms with Gasteiger partial charge in [-0.3, -0.25) is 14.4 Å². The molecule has 34 heavy (non-hydrogen) atoms. The lowest BCUT2D eigenvalue weighted by Gasteiger charge is -2.11. The molecule has 2 heterocycles. The van der Waals surface area contributed by atoms with E-state index in [0.717, 1.165) is 22.9 Å². The average molecular weight is 463 g/mol. The van der Waals surface area contributed by atoms with Gasteiger partial charge in [0.1, 0.15) is 16.8 Å². The quantitative estimate of drug-likeness (QED) is 0.261. The minimum absolute atomic E-state index is 0.0273. The largest absolute Gasteiger partial charge is 0.493 e. The third-order valence-electron chi connectivity index (χ3n) is 5.63. The summed E-state index contributed by atoms with van der Waals surface area (Å²) in [5.41, 5.74) is 0.620. The van der Waals surface area contributed by atoms with Crippen LogP contribution in [0.1, 0.15) is 43.2 Å². The van der Waals surface area contributed by atoms with Crippen molar-refractivity contribution in [3.8, 4) is 5.75 Å². The van der Waals surface area contributed by atoms with E-state index < -0.39 is 17.7 Å². The van der Waals surface area contributed by atoms with Crippen LogP contribution in [0.3, 0.4) is 0 Å². The third kappa shape index (κ3) is 5.14. The second-order valence-electron chi connectivity index (χ2n) is 8.10. The Morgan fingerprint density at radius 2 is 2.00 bits per heavy atom. The second kappa shape index (κ2) is 10.3. The van der Waals surface area contributed by atoms with Gasteiger partial charge in [-0.05, 0) is 43.2 Å². The summed E-state index contributed by atoms with van der Waals surface area (Å²) in [6.45, 7) is 2.70. The van der Waals surface area contributed by atoms with E-state index in [4.69, 9.17) is 9.15 Å². The van der Waals surface area contributed by atoms with Crippen molar-refractivity contribution in [3.63, 3.8) is 0 Å². The van der Waals surface area contributed by atoms with Crippen LogP contribution < -0.4 is 10.3 Å². The summed E-state index contributed by atoms with van der Waals surface area (Å²) in [7, 11) is 0. The first-order valence-electron chi connectivity index (χ1n) is 11.2. The molecule has 0 radical (unpaired) electrons. The van der Waals surface area contributed by atoms with Crippen molar-refractivity contribution in [2.45, 2.75) is 39.2 Å². The average Bonchev–Trinajstić information content (AvgIpc) is 3.26. The van der Waals surface area contributed by atoms with Crippen molar-refractivity contribution in [3.05, 3.63) is 64.6 Å². The summed E-state index contributed by atoms with van der Waals surface area (Å²) in [6, 6.07) is 13.7. The highest BCUT2D eigenvalue weighted by Gasteiger charge is 2.24. The van der Waals surface area contributed by atoms with Crippen molar-refractivity contribution in [2.24, 2.45) is 5.92 Å². The SMILES string of the molecule is CCCCOc1ccc2cc(C(=O)CC(CCn3nnc4ccccc4c3=O)C(=O)O)oc2c1. The summed E-state index contributed by atoms with van der Waals surface area (Å²) in [4.78, 5) is 37.2. The fourth-order valence-electron chi connectivity index (χ4n) is 3.66. The van der Waals surface area contributed by atoms with Gasteiger partial charge in [0.05, 0.1) is 17.9 Å². The maximum atomic E-state index is 12.8. The van der Waals surface area contributed by atoms with Crippen molar-refractivity contribution in [1.82, 2.24) is 15.0 Å². The minimum atomic E-state index is -1.13. The van der Waals surface area contributed by atoms with Crippen molar-refractivity contribution >= 4 is 33.6 Å². The number of fused-ring (bicyclic) bond motifs is 2. The number of hydrogen-bond acceptors (Lipinski definition) is 7. The molecule has 0 aliphatic heterocycles. The first kappa shape index (κ1) is 23.2. The standard InChI is InChI=1S/C25H25N3O6/c1-2-3-12-33-18-9-8-16-14-23(34-22(16)15-18)21(29)13-17(25(31)32)10-11-28-24(30)19-6-4-5-7-20(19)26-27-28/h4-9,14-15,17H,2-3,10-13H2,1H3,(H,31,32). The highest BCUT2D eigenvalue weighted by Crippen LogP contribution is 2.26. The Labute approximate surface area is 194 Å². The van der Waals surface area contributed by atoms with Crippen LogP contribution in [-0.4, -0.2) is 38.5 Å². The number of carboxylic acids is 1. The number of carbonyl (C=O) groups is 2. The molecule has 2 aromatic carbocycles. The van der Waals surface area contributed by atoms with Crippen LogP contribution in [0, 0.1) is 5.92 Å². The maximum absolute atomic E-state index is 12.8. The Kier molecular flexibility index (Phi) is 7.01. The fraction of sp³-hybridized carbons (Fsp3) is 0.320. The number of Topliss-reactive ketones (excluding diaryl/α,β-unsaturated/α-hetero) is 1. The fourth-order valence-corrected chi connectivity index (χ4v) is 3.66. The number of carboxylic acid groups (broad SMARTS) is 1. The zero-order chi connectivity index (χ0) is 24.1. The highest BCUT2D eigenvalue weighted by atomic mass is 16.5. The summed E-state index contributed by atoms with van der Waals surface area (Å²) in [6.07, 6.45) is 1.75. The van der Waals surface area contributed by atoms with Gasteiger partial charge in [0, 0.05) is 24.4 Å². The van der Waals surface area contributed by atoms with Crippen LogP contribution in [-0.2, 0) is 11.3 Å². The first-order valence-corrected chi connectivity index (χ1v) is 11.2. The van der Waals surface area contributed by atoms with E-state index in [1.165, 1.54) is 0 Å². The van der Waals surface area contributed by atoms with E-state index in [0.29, 0.717) is 28.8 Å². The van der Waals surface area contributed by atoms with E-state index >= 15 is 0 Å². The number of aromatic nitrogens is 3. The molecule has 176 valence electrons. The number of aliphatic carboxylic acids is 1. The normalized spacial score (nSPS) is 12.1. The summed E-state index contributed by atoms with van der Waals surface area (Å²) < 4.78 is 12.5. The van der Waals surface area contributed by atoms with Gasteiger partial charge < -0.3 is 14.3 Å². The van der Waals surface area contributed by atoms with E-state index in [1.54, 1.807) is 42.5 Å². The van der Waals surface area contributed by atoms with Gasteiger partial charge in [-0.15, -0.1) is 5.10 Å². The molecule has 0 amide bonds. The smallest absolute Gasteiger partial charge is 0.307 e. The molecule has 0 spiro atoms. The molecule has 0 aliphatic rings. The third-order valence-corrected chi connectivity index (χ3v) is 5.63. The molecule has 1 unspecified atom stereocenters. The predicted molar refractivity (Wildman–Crippen MR) is 125 cm³/mol. The lowest BCUT2D eigenvalue weighted by Crippen LogP contribution is -2.27. The van der Waals surface area contributed by atoms with Gasteiger partial charge in [-0.1, -0.05) is 30.7 Å². The van der Waals surface area contributed by atoms with Gasteiger partial charge in [0.2, 0.25) is 0 Å². The van der Waals surface area contributed by atoms with E-state index in [2.05, 4.69) is 17.2 Å². The summed E-state index contributed by atoms with van der Waals surface area (Å²) >= 11 is 0. The molecule has 9 nitrogen and oxygen atoms in total. The molecule has 0 bridgehead atoms. The lowest BCUT2D eigenvalue weighted by molar-refractivity contribution is -0.142. The number of carbonyl (C=O) groups excluding carboxylic acids is 1. The molecule has 0 saturated carbocycles. The topological polar surface area (TPSA) is 125 Å². The number of ether oxygens (including phenoxy) is 1. The summed E-state index contributed by atoms with van der Waals surface area (Å²) in [5.74, 6) is -1.81. The molecular formula is C25H25N3O6. The predicted octanol–water partition coefficient (Wildman–Crippen LogP) is 4.08. The molecule has 0 fully saturated rings. The number of nitrogens with zero attached hydrogens (tertiary/aromatic N) is 3. The van der Waals surface area contributed by atoms with E-state index in [1.807, 2.05) is 6.07 Å². The van der Waals surface area contributed by atoms with Crippen molar-refractivity contribution < 1.29 is 23.8 Å². The Morgan fingerprint density at radius 3 is 2.79 bits per heavy atom. The van der Waals surface area contributed by atoms with Crippen LogP contribution >= 0.6 is 0 Å². The number of aryl methyl sites for hydroxylation is 1. The van der Waals surface area contributed by atoms with E-state index in [-0.39, 0.29) is 30.7 Å². The van der Waals surface area contributed by atoms with Gasteiger partial charge >= 0.3 is 5.97 Å². The molecule has 4 aromatic rings. The Hall–Kier alpha value is -4.01. The van der Waals surface area contributed by atoms with Crippen molar-refractivity contribution in [1.29, 1.82) is 0 Å². The molecular weight excluding hydrogens is 438 g/mol. The number of hydrogen-bond donors (Lipinski definition) is 1. The second-order valence-corrected chi connectivity index (χ2v) is 8.10. The van der Waals surface area contributed by atoms with E-state index in [9.17, 15) is 19.5 Å². The number of rotatable bonds is 11. The molecule has 9 heteroatoms. The maximum Gasteiger partial charge on any atom is 0.307 e. The molecule has 1 atom stereocenters. The van der Waals surface area contributed by atoms with Crippen molar-refractivity contribution in [2.75, 3.05) is 6.61 Å². The molecule has 0 aliphatic carbocycles. The number of unbranched alkanes of at least 4 members (excludes halogenated alkanes) is 1. The first-order chi connectivity index (χ1) is 16.5. The minimum Gasteiger partial charge on any atom is -0.493 e. The van der Waals surface area contributed by atoms with Crippen LogP contribution in [0.4, 0.5) is 0 Å². The van der Waals surface area contributed by atoms with Crippen LogP contribution in [0.2, 0.25) is 0 Å². The monoisotopic (exact) mass is 463 g/mol. The number of furan rings is 1. The van der Waals surface area contributed by atoms with Gasteiger partial charge in [-0.2, -0.15) is 0 Å². The zero-order valence-corrected chi connectivity index (χ0v) is 18.8. The molecule has 1 N–H and O–H groups in total. The number of ketones is 1. The van der Waals surface area contributed by atoms with Gasteiger partial charge in [-0.25, -0.2) is 4.68 Å². The summed E-state index contributed by atoms with van der Waals surface area (Å²) in [5, 5.41) is 18.7.